The highest BCUT2D eigenvalue weighted by Crippen LogP contribution is 2.29. The minimum atomic E-state index is -0.495. The first kappa shape index (κ1) is 19.1. The molecule has 3 rings (SSSR count). The lowest BCUT2D eigenvalue weighted by molar-refractivity contribution is 0.0602. The zero-order valence-electron chi connectivity index (χ0n) is 14.6. The highest BCUT2D eigenvalue weighted by molar-refractivity contribution is 7.17. The van der Waals surface area contributed by atoms with Crippen LogP contribution in [0.5, 0.6) is 5.75 Å². The van der Waals surface area contributed by atoms with E-state index in [0.717, 1.165) is 10.4 Å². The number of anilines is 1. The third-order valence-corrected chi connectivity index (χ3v) is 5.51. The molecule has 2 aromatic heterocycles. The molecule has 5 nitrogen and oxygen atoms in total. The maximum atomic E-state index is 13.2. The van der Waals surface area contributed by atoms with Crippen LogP contribution in [0.3, 0.4) is 0 Å². The summed E-state index contributed by atoms with van der Waals surface area (Å²) in [6.07, 6.45) is 0. The monoisotopic (exact) mass is 405 g/mol. The molecule has 3 aromatic rings. The minimum Gasteiger partial charge on any atom is -0.489 e. The van der Waals surface area contributed by atoms with E-state index in [0.29, 0.717) is 21.2 Å². The van der Waals surface area contributed by atoms with Gasteiger partial charge >= 0.3 is 5.97 Å². The van der Waals surface area contributed by atoms with Gasteiger partial charge in [0.05, 0.1) is 17.6 Å². The lowest BCUT2D eigenvalue weighted by Gasteiger charge is -2.04. The second kappa shape index (κ2) is 8.32. The van der Waals surface area contributed by atoms with E-state index in [9.17, 15) is 14.0 Å². The van der Waals surface area contributed by atoms with Crippen molar-refractivity contribution in [1.82, 2.24) is 0 Å². The molecule has 0 fully saturated rings. The first-order valence-corrected chi connectivity index (χ1v) is 9.61. The van der Waals surface area contributed by atoms with Crippen LogP contribution in [0.2, 0.25) is 0 Å². The van der Waals surface area contributed by atoms with Gasteiger partial charge in [0, 0.05) is 16.5 Å². The number of rotatable bonds is 6. The maximum Gasteiger partial charge on any atom is 0.340 e. The van der Waals surface area contributed by atoms with Crippen LogP contribution in [-0.4, -0.2) is 19.0 Å². The third kappa shape index (κ3) is 4.72. The molecule has 0 radical (unpaired) electrons. The van der Waals surface area contributed by atoms with Crippen LogP contribution < -0.4 is 10.1 Å². The summed E-state index contributed by atoms with van der Waals surface area (Å²) >= 11 is 2.57. The van der Waals surface area contributed by atoms with Crippen LogP contribution in [0.1, 0.15) is 30.5 Å². The summed E-state index contributed by atoms with van der Waals surface area (Å²) in [5.74, 6) is -0.761. The Balaban J connectivity index is 1.66. The molecule has 27 heavy (non-hydrogen) atoms. The first-order valence-electron chi connectivity index (χ1n) is 7.92. The summed E-state index contributed by atoms with van der Waals surface area (Å²) in [7, 11) is 1.30. The lowest BCUT2D eigenvalue weighted by Crippen LogP contribution is -2.12. The van der Waals surface area contributed by atoms with Crippen molar-refractivity contribution in [3.63, 3.8) is 0 Å². The normalized spacial score (nSPS) is 10.5. The van der Waals surface area contributed by atoms with Gasteiger partial charge < -0.3 is 14.8 Å². The predicted molar refractivity (Wildman–Crippen MR) is 103 cm³/mol. The van der Waals surface area contributed by atoms with Gasteiger partial charge in [-0.25, -0.2) is 9.18 Å². The summed E-state index contributed by atoms with van der Waals surface area (Å²) in [6.45, 7) is 2.07. The fourth-order valence-electron chi connectivity index (χ4n) is 2.33. The molecule has 1 amide bonds. The van der Waals surface area contributed by atoms with E-state index in [-0.39, 0.29) is 18.3 Å². The Morgan fingerprint density at radius 3 is 2.78 bits per heavy atom. The zero-order chi connectivity index (χ0) is 19.4. The molecule has 0 unspecified atom stereocenters. The Kier molecular flexibility index (Phi) is 5.88. The molecule has 140 valence electrons. The molecule has 8 heteroatoms. The molecule has 1 N–H and O–H groups in total. The lowest BCUT2D eigenvalue weighted by atomic mass is 10.3. The van der Waals surface area contributed by atoms with Crippen molar-refractivity contribution in [3.8, 4) is 5.75 Å². The van der Waals surface area contributed by atoms with Crippen molar-refractivity contribution in [2.24, 2.45) is 0 Å². The molecule has 1 aromatic carbocycles. The molecule has 0 saturated heterocycles. The summed E-state index contributed by atoms with van der Waals surface area (Å²) < 4.78 is 23.4. The number of carbonyl (C=O) groups excluding carboxylic acids is 2. The fraction of sp³-hybridized carbons (Fsp3) is 0.158. The number of methoxy groups -OCH3 is 1. The zero-order valence-corrected chi connectivity index (χ0v) is 16.2. The van der Waals surface area contributed by atoms with E-state index < -0.39 is 5.97 Å². The second-order valence-electron chi connectivity index (χ2n) is 5.61. The van der Waals surface area contributed by atoms with E-state index in [1.807, 2.05) is 6.92 Å². The topological polar surface area (TPSA) is 64.6 Å². The van der Waals surface area contributed by atoms with Crippen molar-refractivity contribution >= 4 is 39.6 Å². The molecule has 0 aliphatic heterocycles. The summed E-state index contributed by atoms with van der Waals surface area (Å²) in [4.78, 5) is 25.7. The smallest absolute Gasteiger partial charge is 0.340 e. The van der Waals surface area contributed by atoms with Crippen LogP contribution in [0.25, 0.3) is 0 Å². The number of benzene rings is 1. The quantitative estimate of drug-likeness (QED) is 0.594. The number of halogens is 1. The summed E-state index contributed by atoms with van der Waals surface area (Å²) in [6, 6.07) is 9.26. The number of thiophene rings is 2. The average Bonchev–Trinajstić information content (AvgIpc) is 3.26. The second-order valence-corrected chi connectivity index (χ2v) is 7.78. The summed E-state index contributed by atoms with van der Waals surface area (Å²) in [5.41, 5.74) is 1.13. The van der Waals surface area contributed by atoms with E-state index in [1.165, 1.54) is 41.9 Å². The van der Waals surface area contributed by atoms with Gasteiger partial charge in [-0.1, -0.05) is 6.07 Å². The van der Waals surface area contributed by atoms with Crippen molar-refractivity contribution < 1.29 is 23.5 Å². The molecule has 0 atom stereocenters. The van der Waals surface area contributed by atoms with Crippen molar-refractivity contribution in [1.29, 1.82) is 0 Å². The third-order valence-electron chi connectivity index (χ3n) is 3.57. The van der Waals surface area contributed by atoms with Gasteiger partial charge in [0.25, 0.3) is 5.91 Å². The largest absolute Gasteiger partial charge is 0.489 e. The van der Waals surface area contributed by atoms with Gasteiger partial charge in [-0.3, -0.25) is 4.79 Å². The number of carbonyl (C=O) groups is 2. The number of ether oxygens (including phenoxy) is 2. The number of hydrogen-bond acceptors (Lipinski definition) is 6. The number of nitrogens with one attached hydrogen (secondary N) is 1. The molecular formula is C19H16FNO4S2. The van der Waals surface area contributed by atoms with Gasteiger partial charge in [-0.2, -0.15) is 0 Å². The van der Waals surface area contributed by atoms with Crippen LogP contribution in [0.4, 0.5) is 9.39 Å². The Morgan fingerprint density at radius 2 is 2.04 bits per heavy atom. The molecule has 0 saturated carbocycles. The highest BCUT2D eigenvalue weighted by atomic mass is 32.1. The van der Waals surface area contributed by atoms with Crippen molar-refractivity contribution in [3.05, 3.63) is 68.5 Å². The SMILES string of the molecule is COC(=O)c1cc(C)sc1NC(=O)c1cc(COc2cccc(F)c2)cs1. The minimum absolute atomic E-state index is 0.221. The van der Waals surface area contributed by atoms with E-state index >= 15 is 0 Å². The highest BCUT2D eigenvalue weighted by Gasteiger charge is 2.19. The Bertz CT molecular complexity index is 980. The van der Waals surface area contributed by atoms with E-state index in [2.05, 4.69) is 5.32 Å². The summed E-state index contributed by atoms with van der Waals surface area (Å²) in [5, 5.41) is 5.01. The van der Waals surface area contributed by atoms with Gasteiger partial charge in [0.2, 0.25) is 0 Å². The van der Waals surface area contributed by atoms with Gasteiger partial charge in [0.15, 0.2) is 0 Å². The molecule has 2 heterocycles. The van der Waals surface area contributed by atoms with E-state index in [1.54, 1.807) is 29.6 Å². The van der Waals surface area contributed by atoms with Crippen LogP contribution in [0.15, 0.2) is 41.8 Å². The van der Waals surface area contributed by atoms with Crippen LogP contribution in [0, 0.1) is 12.7 Å². The van der Waals surface area contributed by atoms with Crippen LogP contribution in [-0.2, 0) is 11.3 Å². The molecular weight excluding hydrogens is 389 g/mol. The van der Waals surface area contributed by atoms with Crippen molar-refractivity contribution in [2.75, 3.05) is 12.4 Å². The Labute approximate surface area is 163 Å². The van der Waals surface area contributed by atoms with Gasteiger partial charge in [-0.05, 0) is 36.6 Å². The van der Waals surface area contributed by atoms with Gasteiger partial charge in [0.1, 0.15) is 23.2 Å². The molecule has 0 aliphatic carbocycles. The number of hydrogen-bond donors (Lipinski definition) is 1. The Morgan fingerprint density at radius 1 is 1.22 bits per heavy atom. The van der Waals surface area contributed by atoms with Crippen molar-refractivity contribution in [2.45, 2.75) is 13.5 Å². The average molecular weight is 405 g/mol. The first-order chi connectivity index (χ1) is 13.0. The number of amides is 1. The predicted octanol–water partition coefficient (Wildman–Crippen LogP) is 4.88. The molecule has 0 bridgehead atoms. The molecule has 0 spiro atoms. The fourth-order valence-corrected chi connectivity index (χ4v) is 4.01. The molecule has 0 aliphatic rings. The number of esters is 1. The van der Waals surface area contributed by atoms with E-state index in [4.69, 9.17) is 9.47 Å². The number of aryl methyl sites for hydroxylation is 1. The standard InChI is InChI=1S/C19H16FNO4S2/c1-11-6-15(19(23)24-2)18(27-11)21-17(22)16-7-12(10-26-16)9-25-14-5-3-4-13(20)8-14/h3-8,10H,9H2,1-2H3,(H,21,22). The maximum absolute atomic E-state index is 13.2. The van der Waals surface area contributed by atoms with Crippen LogP contribution >= 0.6 is 22.7 Å². The Hall–Kier alpha value is -2.71. The van der Waals surface area contributed by atoms with Gasteiger partial charge in [-0.15, -0.1) is 22.7 Å².